The summed E-state index contributed by atoms with van der Waals surface area (Å²) in [5.74, 6) is -0.0188. The van der Waals surface area contributed by atoms with Gasteiger partial charge in [0.25, 0.3) is 5.91 Å². The van der Waals surface area contributed by atoms with Crippen LogP contribution in [0, 0.1) is 11.3 Å². The predicted octanol–water partition coefficient (Wildman–Crippen LogP) is 3.97. The summed E-state index contributed by atoms with van der Waals surface area (Å²) in [4.78, 5) is 33.4. The second-order valence-corrected chi connectivity index (χ2v) is 9.22. The number of amides is 2. The number of carbonyl (C=O) groups is 2. The van der Waals surface area contributed by atoms with Crippen molar-refractivity contribution in [3.8, 4) is 17.2 Å². The summed E-state index contributed by atoms with van der Waals surface area (Å²) >= 11 is 0. The Balaban J connectivity index is 1.52. The number of benzene rings is 1. The van der Waals surface area contributed by atoms with Gasteiger partial charge in [-0.05, 0) is 69.0 Å². The van der Waals surface area contributed by atoms with Gasteiger partial charge in [-0.15, -0.1) is 0 Å². The number of hydrogen-bond donors (Lipinski definition) is 0. The van der Waals surface area contributed by atoms with Gasteiger partial charge in [-0.2, -0.15) is 5.26 Å². The van der Waals surface area contributed by atoms with E-state index in [2.05, 4.69) is 4.98 Å². The molecule has 1 fully saturated rings. The third kappa shape index (κ3) is 4.11. The first kappa shape index (κ1) is 20.9. The second kappa shape index (κ2) is 7.69. The van der Waals surface area contributed by atoms with Crippen molar-refractivity contribution in [1.82, 2.24) is 14.8 Å². The molecule has 0 N–H and O–H groups in total. The van der Waals surface area contributed by atoms with Crippen LogP contribution in [-0.4, -0.2) is 51.0 Å². The zero-order chi connectivity index (χ0) is 22.3. The molecule has 160 valence electrons. The molecule has 2 amide bonds. The van der Waals surface area contributed by atoms with Crippen molar-refractivity contribution in [2.75, 3.05) is 6.54 Å². The van der Waals surface area contributed by atoms with E-state index in [0.717, 1.165) is 23.1 Å². The molecule has 0 unspecified atom stereocenters. The minimum atomic E-state index is -0.552. The SMILES string of the molecule is C[C@@H]1C[C@@H](N2Cc3ccc(-c4ccnc(C#N)c4)cc3C2=O)CN1C(=O)OC(C)(C)C. The summed E-state index contributed by atoms with van der Waals surface area (Å²) in [6, 6.07) is 11.4. The van der Waals surface area contributed by atoms with E-state index in [1.165, 1.54) is 0 Å². The third-order valence-corrected chi connectivity index (χ3v) is 5.77. The number of pyridine rings is 1. The van der Waals surface area contributed by atoms with E-state index in [1.54, 1.807) is 17.2 Å². The summed E-state index contributed by atoms with van der Waals surface area (Å²) < 4.78 is 5.53. The van der Waals surface area contributed by atoms with Gasteiger partial charge >= 0.3 is 6.09 Å². The number of nitriles is 1. The zero-order valence-corrected chi connectivity index (χ0v) is 18.3. The maximum atomic E-state index is 13.2. The highest BCUT2D eigenvalue weighted by molar-refractivity contribution is 5.99. The smallest absolute Gasteiger partial charge is 0.410 e. The number of fused-ring (bicyclic) bond motifs is 1. The van der Waals surface area contributed by atoms with Crippen molar-refractivity contribution in [3.05, 3.63) is 53.3 Å². The second-order valence-electron chi connectivity index (χ2n) is 9.22. The normalized spacial score (nSPS) is 20.5. The van der Waals surface area contributed by atoms with Gasteiger partial charge in [0.2, 0.25) is 0 Å². The lowest BCUT2D eigenvalue weighted by atomic mass is 10.0. The number of nitrogens with zero attached hydrogens (tertiary/aromatic N) is 4. The number of ether oxygens (including phenoxy) is 1. The molecule has 7 nitrogen and oxygen atoms in total. The Kier molecular flexibility index (Phi) is 5.18. The van der Waals surface area contributed by atoms with E-state index in [-0.39, 0.29) is 24.1 Å². The fourth-order valence-electron chi connectivity index (χ4n) is 4.27. The zero-order valence-electron chi connectivity index (χ0n) is 18.3. The number of aromatic nitrogens is 1. The summed E-state index contributed by atoms with van der Waals surface area (Å²) in [7, 11) is 0. The molecule has 0 saturated carbocycles. The van der Waals surface area contributed by atoms with Crippen molar-refractivity contribution in [2.24, 2.45) is 0 Å². The van der Waals surface area contributed by atoms with Crippen LogP contribution < -0.4 is 0 Å². The number of rotatable bonds is 2. The van der Waals surface area contributed by atoms with Crippen molar-refractivity contribution in [3.63, 3.8) is 0 Å². The van der Waals surface area contributed by atoms with Crippen LogP contribution in [0.15, 0.2) is 36.5 Å². The molecule has 31 heavy (non-hydrogen) atoms. The van der Waals surface area contributed by atoms with Crippen molar-refractivity contribution in [1.29, 1.82) is 5.26 Å². The van der Waals surface area contributed by atoms with Crippen molar-refractivity contribution in [2.45, 2.75) is 58.3 Å². The predicted molar refractivity (Wildman–Crippen MR) is 115 cm³/mol. The monoisotopic (exact) mass is 418 g/mol. The lowest BCUT2D eigenvalue weighted by Gasteiger charge is -2.27. The highest BCUT2D eigenvalue weighted by Crippen LogP contribution is 2.33. The molecule has 1 aromatic heterocycles. The van der Waals surface area contributed by atoms with Crippen molar-refractivity contribution < 1.29 is 14.3 Å². The summed E-state index contributed by atoms with van der Waals surface area (Å²) in [6.45, 7) is 8.55. The lowest BCUT2D eigenvalue weighted by molar-refractivity contribution is 0.0225. The first-order valence-electron chi connectivity index (χ1n) is 10.5. The van der Waals surface area contributed by atoms with Crippen LogP contribution in [0.1, 0.15) is 55.7 Å². The van der Waals surface area contributed by atoms with Gasteiger partial charge in [-0.25, -0.2) is 9.78 Å². The first-order chi connectivity index (χ1) is 14.7. The molecule has 2 aliphatic heterocycles. The summed E-state index contributed by atoms with van der Waals surface area (Å²) in [5, 5.41) is 9.10. The quantitative estimate of drug-likeness (QED) is 0.736. The molecule has 3 heterocycles. The molecule has 2 aromatic rings. The number of hydrogen-bond acceptors (Lipinski definition) is 5. The van der Waals surface area contributed by atoms with E-state index in [1.807, 2.05) is 62.9 Å². The molecular formula is C24H26N4O3. The van der Waals surface area contributed by atoms with Gasteiger partial charge in [0.15, 0.2) is 0 Å². The molecule has 2 atom stereocenters. The maximum absolute atomic E-state index is 13.2. The standard InChI is InChI=1S/C24H26N4O3/c1-15-9-20(14-27(15)23(30)31-24(2,3)4)28-13-18-6-5-16(11-21(18)22(28)29)17-7-8-26-19(10-17)12-25/h5-8,10-11,15,20H,9,13-14H2,1-4H3/t15-,20-/m1/s1. The maximum Gasteiger partial charge on any atom is 0.410 e. The van der Waals surface area contributed by atoms with Gasteiger partial charge in [0, 0.05) is 30.9 Å². The third-order valence-electron chi connectivity index (χ3n) is 5.77. The Morgan fingerprint density at radius 1 is 1.23 bits per heavy atom. The fourth-order valence-corrected chi connectivity index (χ4v) is 4.27. The minimum absolute atomic E-state index is 0.00754. The Labute approximate surface area is 182 Å². The van der Waals surface area contributed by atoms with Crippen LogP contribution in [0.5, 0.6) is 0 Å². The van der Waals surface area contributed by atoms with Gasteiger partial charge in [-0.3, -0.25) is 4.79 Å². The first-order valence-corrected chi connectivity index (χ1v) is 10.5. The van der Waals surface area contributed by atoms with Crippen LogP contribution in [-0.2, 0) is 11.3 Å². The van der Waals surface area contributed by atoms with Crippen LogP contribution in [0.3, 0.4) is 0 Å². The minimum Gasteiger partial charge on any atom is -0.444 e. The van der Waals surface area contributed by atoms with Gasteiger partial charge in [0.05, 0.1) is 6.04 Å². The Morgan fingerprint density at radius 2 is 1.97 bits per heavy atom. The van der Waals surface area contributed by atoms with Gasteiger partial charge in [-0.1, -0.05) is 12.1 Å². The van der Waals surface area contributed by atoms with E-state index >= 15 is 0 Å². The Morgan fingerprint density at radius 3 is 2.68 bits per heavy atom. The van der Waals surface area contributed by atoms with E-state index in [0.29, 0.717) is 24.3 Å². The van der Waals surface area contributed by atoms with Gasteiger partial charge in [0.1, 0.15) is 17.4 Å². The van der Waals surface area contributed by atoms with Crippen LogP contribution >= 0.6 is 0 Å². The highest BCUT2D eigenvalue weighted by atomic mass is 16.6. The Hall–Kier alpha value is -3.40. The summed E-state index contributed by atoms with van der Waals surface area (Å²) in [6.07, 6.45) is 1.99. The van der Waals surface area contributed by atoms with E-state index in [4.69, 9.17) is 10.00 Å². The fraction of sp³-hybridized carbons (Fsp3) is 0.417. The number of carbonyl (C=O) groups excluding carboxylic acids is 2. The van der Waals surface area contributed by atoms with Gasteiger partial charge < -0.3 is 14.5 Å². The van der Waals surface area contributed by atoms with Crippen LogP contribution in [0.4, 0.5) is 4.79 Å². The highest BCUT2D eigenvalue weighted by Gasteiger charge is 2.41. The molecule has 7 heteroatoms. The number of likely N-dealkylation sites (tertiary alicyclic amines) is 1. The molecule has 1 saturated heterocycles. The van der Waals surface area contributed by atoms with Crippen LogP contribution in [0.2, 0.25) is 0 Å². The molecule has 0 spiro atoms. The molecule has 0 bridgehead atoms. The van der Waals surface area contributed by atoms with Crippen molar-refractivity contribution >= 4 is 12.0 Å². The van der Waals surface area contributed by atoms with E-state index in [9.17, 15) is 9.59 Å². The average molecular weight is 418 g/mol. The Bertz CT molecular complexity index is 1080. The van der Waals surface area contributed by atoms with Crippen LogP contribution in [0.25, 0.3) is 11.1 Å². The molecule has 4 rings (SSSR count). The molecule has 0 radical (unpaired) electrons. The molecule has 2 aliphatic rings. The summed E-state index contributed by atoms with van der Waals surface area (Å²) in [5.41, 5.74) is 3.17. The topological polar surface area (TPSA) is 86.5 Å². The molecule has 0 aliphatic carbocycles. The average Bonchev–Trinajstić information content (AvgIpc) is 3.26. The lowest BCUT2D eigenvalue weighted by Crippen LogP contribution is -2.41. The molecular weight excluding hydrogens is 392 g/mol. The van der Waals surface area contributed by atoms with E-state index < -0.39 is 5.60 Å². The largest absolute Gasteiger partial charge is 0.444 e. The molecule has 1 aromatic carbocycles.